The molecule has 0 bridgehead atoms. The van der Waals surface area contributed by atoms with Crippen molar-refractivity contribution in [3.8, 4) is 0 Å². The average Bonchev–Trinajstić information content (AvgIpc) is 2.78. The van der Waals surface area contributed by atoms with Crippen molar-refractivity contribution in [2.24, 2.45) is 5.16 Å². The Balaban J connectivity index is 2.95. The van der Waals surface area contributed by atoms with E-state index in [1.54, 1.807) is 6.92 Å². The fraction of sp³-hybridized carbons (Fsp3) is 0.375. The fourth-order valence-corrected chi connectivity index (χ4v) is 1.35. The Hall–Kier alpha value is -2.03. The van der Waals surface area contributed by atoms with Crippen LogP contribution < -0.4 is 5.32 Å². The van der Waals surface area contributed by atoms with Crippen LogP contribution in [0.3, 0.4) is 0 Å². The van der Waals surface area contributed by atoms with Crippen LogP contribution in [0.25, 0.3) is 0 Å². The molecular weight excluding hydrogens is 248 g/mol. The number of aromatic nitrogens is 2. The lowest BCUT2D eigenvalue weighted by molar-refractivity contribution is -0.132. The number of nitrogens with zero attached hydrogens (tertiary/aromatic N) is 3. The Morgan fingerprint density at radius 1 is 1.65 bits per heavy atom. The van der Waals surface area contributed by atoms with Crippen molar-refractivity contribution in [2.75, 3.05) is 19.0 Å². The number of esters is 1. The highest BCUT2D eigenvalue weighted by atomic mass is 32.1. The molecule has 17 heavy (non-hydrogen) atoms. The van der Waals surface area contributed by atoms with Crippen LogP contribution in [-0.2, 0) is 19.2 Å². The summed E-state index contributed by atoms with van der Waals surface area (Å²) in [5.74, 6) is -0.673. The van der Waals surface area contributed by atoms with Crippen molar-refractivity contribution >= 4 is 34.8 Å². The van der Waals surface area contributed by atoms with Crippen molar-refractivity contribution in [1.29, 1.82) is 0 Å². The maximum atomic E-state index is 11.4. The van der Waals surface area contributed by atoms with Gasteiger partial charge in [-0.05, 0) is 6.92 Å². The molecule has 0 radical (unpaired) electrons. The van der Waals surface area contributed by atoms with Crippen LogP contribution in [0.15, 0.2) is 5.16 Å². The lowest BCUT2D eigenvalue weighted by Crippen LogP contribution is -2.19. The van der Waals surface area contributed by atoms with Crippen LogP contribution in [-0.4, -0.2) is 41.2 Å². The number of methoxy groups -OCH3 is 1. The van der Waals surface area contributed by atoms with Gasteiger partial charge in [-0.2, -0.15) is 9.36 Å². The Morgan fingerprint density at radius 3 is 3.00 bits per heavy atom. The standard InChI is InChI=1S/C8H10N4O4S/c1-3-16-11-5(7(14)15-2)6-10-8(9-4-13)17-12-6/h4H,3H2,1-2H3,(H,9,10,12,13)/b11-5-. The second-order valence-corrected chi connectivity index (χ2v) is 3.29. The Bertz CT molecular complexity index is 431. The van der Waals surface area contributed by atoms with Gasteiger partial charge < -0.3 is 14.9 Å². The van der Waals surface area contributed by atoms with Crippen molar-refractivity contribution in [2.45, 2.75) is 6.92 Å². The smallest absolute Gasteiger partial charge is 0.364 e. The summed E-state index contributed by atoms with van der Waals surface area (Å²) in [6, 6.07) is 0. The third kappa shape index (κ3) is 3.48. The van der Waals surface area contributed by atoms with Crippen molar-refractivity contribution < 1.29 is 19.2 Å². The predicted molar refractivity (Wildman–Crippen MR) is 59.8 cm³/mol. The summed E-state index contributed by atoms with van der Waals surface area (Å²) in [5, 5.41) is 6.13. The first-order valence-electron chi connectivity index (χ1n) is 4.55. The highest BCUT2D eigenvalue weighted by molar-refractivity contribution is 7.10. The largest absolute Gasteiger partial charge is 0.464 e. The summed E-state index contributed by atoms with van der Waals surface area (Å²) < 4.78 is 8.37. The Morgan fingerprint density at radius 2 is 2.41 bits per heavy atom. The molecule has 1 heterocycles. The normalized spacial score (nSPS) is 10.8. The number of hydrogen-bond acceptors (Lipinski definition) is 8. The molecular formula is C8H10N4O4S. The van der Waals surface area contributed by atoms with Crippen LogP contribution in [0.1, 0.15) is 12.7 Å². The van der Waals surface area contributed by atoms with Gasteiger partial charge in [-0.1, -0.05) is 5.16 Å². The van der Waals surface area contributed by atoms with Gasteiger partial charge in [0.1, 0.15) is 6.61 Å². The minimum atomic E-state index is -0.714. The minimum absolute atomic E-state index is 0.0413. The van der Waals surface area contributed by atoms with E-state index in [2.05, 4.69) is 24.6 Å². The van der Waals surface area contributed by atoms with E-state index in [-0.39, 0.29) is 16.7 Å². The summed E-state index contributed by atoms with van der Waals surface area (Å²) >= 11 is 0.916. The molecule has 0 aliphatic rings. The summed E-state index contributed by atoms with van der Waals surface area (Å²) in [5.41, 5.74) is -0.149. The maximum Gasteiger partial charge on any atom is 0.364 e. The first kappa shape index (κ1) is 13.0. The minimum Gasteiger partial charge on any atom is -0.464 e. The molecule has 0 fully saturated rings. The Labute approximate surface area is 101 Å². The molecule has 0 unspecified atom stereocenters. The van der Waals surface area contributed by atoms with E-state index in [4.69, 9.17) is 4.84 Å². The average molecular weight is 258 g/mol. The number of anilines is 1. The second-order valence-electron chi connectivity index (χ2n) is 2.53. The molecule has 1 aromatic heterocycles. The van der Waals surface area contributed by atoms with E-state index in [9.17, 15) is 9.59 Å². The molecule has 92 valence electrons. The summed E-state index contributed by atoms with van der Waals surface area (Å²) in [6.45, 7) is 2.01. The van der Waals surface area contributed by atoms with Crippen molar-refractivity contribution in [3.05, 3.63) is 5.82 Å². The van der Waals surface area contributed by atoms with Gasteiger partial charge in [0.05, 0.1) is 7.11 Å². The van der Waals surface area contributed by atoms with Gasteiger partial charge in [-0.25, -0.2) is 4.79 Å². The van der Waals surface area contributed by atoms with E-state index in [0.717, 1.165) is 11.5 Å². The maximum absolute atomic E-state index is 11.4. The zero-order valence-corrected chi connectivity index (χ0v) is 9.98. The highest BCUT2D eigenvalue weighted by Crippen LogP contribution is 2.11. The first-order chi connectivity index (χ1) is 8.22. The van der Waals surface area contributed by atoms with Gasteiger partial charge in [0.25, 0.3) is 0 Å². The molecule has 0 saturated heterocycles. The number of amides is 1. The number of hydrogen-bond donors (Lipinski definition) is 1. The molecule has 0 spiro atoms. The second kappa shape index (κ2) is 6.53. The lowest BCUT2D eigenvalue weighted by atomic mass is 10.4. The third-order valence-corrected chi connectivity index (χ3v) is 2.13. The molecule has 8 nitrogen and oxygen atoms in total. The van der Waals surface area contributed by atoms with E-state index < -0.39 is 5.97 Å². The molecule has 1 N–H and O–H groups in total. The molecule has 0 aliphatic carbocycles. The number of rotatable bonds is 6. The van der Waals surface area contributed by atoms with Gasteiger partial charge in [0, 0.05) is 11.5 Å². The number of carbonyl (C=O) groups excluding carboxylic acids is 2. The van der Waals surface area contributed by atoms with Gasteiger partial charge in [-0.3, -0.25) is 4.79 Å². The fourth-order valence-electron chi connectivity index (χ4n) is 0.824. The number of oxime groups is 1. The van der Waals surface area contributed by atoms with Gasteiger partial charge in [0.2, 0.25) is 23.1 Å². The summed E-state index contributed by atoms with van der Waals surface area (Å²) in [4.78, 5) is 30.2. The quantitative estimate of drug-likeness (QED) is 0.334. The monoisotopic (exact) mass is 258 g/mol. The van der Waals surface area contributed by atoms with E-state index in [1.165, 1.54) is 7.11 Å². The molecule has 0 saturated carbocycles. The zero-order chi connectivity index (χ0) is 12.7. The topological polar surface area (TPSA) is 103 Å². The van der Waals surface area contributed by atoms with Crippen LogP contribution in [0.4, 0.5) is 5.13 Å². The van der Waals surface area contributed by atoms with Crippen molar-refractivity contribution in [3.63, 3.8) is 0 Å². The van der Waals surface area contributed by atoms with Gasteiger partial charge >= 0.3 is 5.97 Å². The SMILES string of the molecule is CCO/N=C(\C(=O)OC)c1nsc(NC=O)n1. The molecule has 0 aromatic carbocycles. The number of carbonyl (C=O) groups is 2. The summed E-state index contributed by atoms with van der Waals surface area (Å²) in [7, 11) is 1.21. The van der Waals surface area contributed by atoms with Crippen LogP contribution >= 0.6 is 11.5 Å². The van der Waals surface area contributed by atoms with Crippen molar-refractivity contribution in [1.82, 2.24) is 9.36 Å². The zero-order valence-electron chi connectivity index (χ0n) is 9.17. The highest BCUT2D eigenvalue weighted by Gasteiger charge is 2.21. The summed E-state index contributed by atoms with van der Waals surface area (Å²) in [6.07, 6.45) is 0.460. The lowest BCUT2D eigenvalue weighted by Gasteiger charge is -1.99. The molecule has 0 aliphatic heterocycles. The van der Waals surface area contributed by atoms with Crippen LogP contribution in [0, 0.1) is 0 Å². The van der Waals surface area contributed by atoms with Gasteiger partial charge in [0.15, 0.2) is 0 Å². The number of nitrogens with one attached hydrogen (secondary N) is 1. The van der Waals surface area contributed by atoms with E-state index >= 15 is 0 Å². The number of ether oxygens (including phenoxy) is 1. The first-order valence-corrected chi connectivity index (χ1v) is 5.32. The van der Waals surface area contributed by atoms with Crippen LogP contribution in [0.5, 0.6) is 0 Å². The molecule has 1 amide bonds. The van der Waals surface area contributed by atoms with E-state index in [0.29, 0.717) is 13.0 Å². The molecule has 0 atom stereocenters. The third-order valence-electron chi connectivity index (χ3n) is 1.48. The molecule has 1 rings (SSSR count). The molecule has 1 aromatic rings. The van der Waals surface area contributed by atoms with Crippen LogP contribution in [0.2, 0.25) is 0 Å². The molecule has 9 heteroatoms. The van der Waals surface area contributed by atoms with E-state index in [1.807, 2.05) is 0 Å². The Kier molecular flexibility index (Phi) is 5.01. The predicted octanol–water partition coefficient (Wildman–Crippen LogP) is 0.0200. The van der Waals surface area contributed by atoms with Gasteiger partial charge in [-0.15, -0.1) is 0 Å².